The van der Waals surface area contributed by atoms with Crippen molar-refractivity contribution in [3.63, 3.8) is 0 Å². The Morgan fingerprint density at radius 3 is 2.33 bits per heavy atom. The lowest BCUT2D eigenvalue weighted by Crippen LogP contribution is -2.35. The number of nitrogens with zero attached hydrogens (tertiary/aromatic N) is 1. The molecule has 0 saturated heterocycles. The molecule has 6 heteroatoms. The van der Waals surface area contributed by atoms with Crippen molar-refractivity contribution in [2.75, 3.05) is 24.6 Å². The largest absolute Gasteiger partial charge is 0.480 e. The van der Waals surface area contributed by atoms with Crippen molar-refractivity contribution in [3.8, 4) is 0 Å². The normalized spacial score (nSPS) is 12.2. The first kappa shape index (κ1) is 14.2. The highest BCUT2D eigenvalue weighted by molar-refractivity contribution is 8.00. The first-order chi connectivity index (χ1) is 7.02. The number of nitrogens with two attached hydrogens (primary N) is 1. The summed E-state index contributed by atoms with van der Waals surface area (Å²) in [6.45, 7) is 5.19. The third-order valence-electron chi connectivity index (χ3n) is 1.96. The van der Waals surface area contributed by atoms with Gasteiger partial charge in [0.05, 0.1) is 5.75 Å². The molecular weight excluding hydrogens is 216 g/mol. The van der Waals surface area contributed by atoms with Gasteiger partial charge in [0.25, 0.3) is 0 Å². The first-order valence-corrected chi connectivity index (χ1v) is 6.02. The average Bonchev–Trinajstić information content (AvgIpc) is 2.19. The number of thioether (sulfide) groups is 1. The van der Waals surface area contributed by atoms with Gasteiger partial charge in [0.1, 0.15) is 6.04 Å². The van der Waals surface area contributed by atoms with E-state index in [-0.39, 0.29) is 11.7 Å². The zero-order chi connectivity index (χ0) is 11.8. The van der Waals surface area contributed by atoms with Gasteiger partial charge in [0.2, 0.25) is 5.91 Å². The molecule has 0 unspecified atom stereocenters. The van der Waals surface area contributed by atoms with Gasteiger partial charge < -0.3 is 15.7 Å². The molecule has 5 nitrogen and oxygen atoms in total. The van der Waals surface area contributed by atoms with Crippen LogP contribution >= 0.6 is 11.8 Å². The molecular formula is C9H18N2O3S. The van der Waals surface area contributed by atoms with E-state index in [2.05, 4.69) is 0 Å². The highest BCUT2D eigenvalue weighted by atomic mass is 32.2. The molecule has 0 rings (SSSR count). The van der Waals surface area contributed by atoms with E-state index in [0.29, 0.717) is 18.8 Å². The van der Waals surface area contributed by atoms with Crippen LogP contribution in [0.2, 0.25) is 0 Å². The van der Waals surface area contributed by atoms with Crippen molar-refractivity contribution in [2.45, 2.75) is 19.9 Å². The van der Waals surface area contributed by atoms with Gasteiger partial charge in [-0.2, -0.15) is 0 Å². The molecule has 0 spiro atoms. The molecule has 0 aliphatic heterocycles. The van der Waals surface area contributed by atoms with Crippen LogP contribution in [-0.2, 0) is 9.59 Å². The van der Waals surface area contributed by atoms with Crippen LogP contribution in [0.4, 0.5) is 0 Å². The summed E-state index contributed by atoms with van der Waals surface area (Å²) in [4.78, 5) is 23.6. The minimum Gasteiger partial charge on any atom is -0.480 e. The number of hydrogen-bond acceptors (Lipinski definition) is 4. The minimum atomic E-state index is -1.03. The highest BCUT2D eigenvalue weighted by Gasteiger charge is 2.14. The van der Waals surface area contributed by atoms with E-state index in [9.17, 15) is 9.59 Å². The number of carboxylic acids is 1. The van der Waals surface area contributed by atoms with E-state index < -0.39 is 12.0 Å². The summed E-state index contributed by atoms with van der Waals surface area (Å²) in [6, 6.07) is -0.889. The molecule has 0 aromatic carbocycles. The summed E-state index contributed by atoms with van der Waals surface area (Å²) in [6.07, 6.45) is 0. The fraction of sp³-hybridized carbons (Fsp3) is 0.778. The Labute approximate surface area is 94.0 Å². The second kappa shape index (κ2) is 7.53. The second-order valence-corrected chi connectivity index (χ2v) is 4.06. The van der Waals surface area contributed by atoms with E-state index in [0.717, 1.165) is 0 Å². The van der Waals surface area contributed by atoms with Gasteiger partial charge in [0.15, 0.2) is 0 Å². The summed E-state index contributed by atoms with van der Waals surface area (Å²) in [5.74, 6) is -0.439. The number of hydrogen-bond donors (Lipinski definition) is 2. The van der Waals surface area contributed by atoms with Crippen molar-refractivity contribution in [1.29, 1.82) is 0 Å². The van der Waals surface area contributed by atoms with Crippen LogP contribution in [-0.4, -0.2) is 52.5 Å². The topological polar surface area (TPSA) is 83.6 Å². The summed E-state index contributed by atoms with van der Waals surface area (Å²) in [5.41, 5.74) is 5.30. The average molecular weight is 234 g/mol. The third-order valence-corrected chi connectivity index (χ3v) is 3.00. The molecule has 88 valence electrons. The highest BCUT2D eigenvalue weighted by Crippen LogP contribution is 2.04. The molecule has 15 heavy (non-hydrogen) atoms. The van der Waals surface area contributed by atoms with Crippen LogP contribution in [0.5, 0.6) is 0 Å². The first-order valence-electron chi connectivity index (χ1n) is 4.86. The SMILES string of the molecule is CCN(CC)C(=O)CSC[C@@H](N)C(=O)O. The molecule has 0 aliphatic rings. The van der Waals surface area contributed by atoms with Crippen molar-refractivity contribution in [2.24, 2.45) is 5.73 Å². The lowest BCUT2D eigenvalue weighted by Gasteiger charge is -2.18. The second-order valence-electron chi connectivity index (χ2n) is 3.03. The number of rotatable bonds is 7. The van der Waals surface area contributed by atoms with E-state index in [4.69, 9.17) is 10.8 Å². The Hall–Kier alpha value is -0.750. The number of amides is 1. The summed E-state index contributed by atoms with van der Waals surface area (Å²) in [5, 5.41) is 8.52. The fourth-order valence-electron chi connectivity index (χ4n) is 1.01. The Balaban J connectivity index is 3.76. The predicted molar refractivity (Wildman–Crippen MR) is 60.9 cm³/mol. The van der Waals surface area contributed by atoms with Crippen molar-refractivity contribution >= 4 is 23.6 Å². The maximum absolute atomic E-state index is 11.5. The summed E-state index contributed by atoms with van der Waals surface area (Å²) in [7, 11) is 0. The number of aliphatic carboxylic acids is 1. The number of carboxylic acid groups (broad SMARTS) is 1. The minimum absolute atomic E-state index is 0.0302. The van der Waals surface area contributed by atoms with Crippen molar-refractivity contribution in [3.05, 3.63) is 0 Å². The Morgan fingerprint density at radius 1 is 1.40 bits per heavy atom. The molecule has 0 heterocycles. The summed E-state index contributed by atoms with van der Waals surface area (Å²) >= 11 is 1.26. The Kier molecular flexibility index (Phi) is 7.15. The van der Waals surface area contributed by atoms with Gasteiger partial charge in [-0.15, -0.1) is 11.8 Å². The van der Waals surface area contributed by atoms with Crippen LogP contribution < -0.4 is 5.73 Å². The van der Waals surface area contributed by atoms with Crippen LogP contribution in [0, 0.1) is 0 Å². The molecule has 0 bridgehead atoms. The van der Waals surface area contributed by atoms with Gasteiger partial charge in [-0.3, -0.25) is 9.59 Å². The smallest absolute Gasteiger partial charge is 0.321 e. The monoisotopic (exact) mass is 234 g/mol. The lowest BCUT2D eigenvalue weighted by molar-refractivity contribution is -0.138. The maximum atomic E-state index is 11.5. The fourth-order valence-corrected chi connectivity index (χ4v) is 1.88. The van der Waals surface area contributed by atoms with E-state index in [1.807, 2.05) is 13.8 Å². The van der Waals surface area contributed by atoms with E-state index >= 15 is 0 Å². The van der Waals surface area contributed by atoms with Gasteiger partial charge in [-0.25, -0.2) is 0 Å². The maximum Gasteiger partial charge on any atom is 0.321 e. The van der Waals surface area contributed by atoms with Gasteiger partial charge in [-0.1, -0.05) is 0 Å². The Bertz CT molecular complexity index is 219. The molecule has 3 N–H and O–H groups in total. The molecule has 0 aromatic rings. The predicted octanol–water partition coefficient (Wildman–Crippen LogP) is -0.0001000. The van der Waals surface area contributed by atoms with Crippen LogP contribution in [0.3, 0.4) is 0 Å². The zero-order valence-corrected chi connectivity index (χ0v) is 9.92. The molecule has 1 atom stereocenters. The molecule has 0 aliphatic carbocycles. The molecule has 0 saturated carbocycles. The Morgan fingerprint density at radius 2 is 1.93 bits per heavy atom. The lowest BCUT2D eigenvalue weighted by atomic mass is 10.4. The number of carbonyl (C=O) groups is 2. The van der Waals surface area contributed by atoms with Crippen LogP contribution in [0.1, 0.15) is 13.8 Å². The zero-order valence-electron chi connectivity index (χ0n) is 9.10. The van der Waals surface area contributed by atoms with Crippen molar-refractivity contribution < 1.29 is 14.7 Å². The standard InChI is InChI=1S/C9H18N2O3S/c1-3-11(4-2)8(12)6-15-5-7(10)9(13)14/h7H,3-6,10H2,1-2H3,(H,13,14)/t7-/m1/s1. The van der Waals surface area contributed by atoms with E-state index in [1.165, 1.54) is 11.8 Å². The third kappa shape index (κ3) is 5.64. The van der Waals surface area contributed by atoms with E-state index in [1.54, 1.807) is 4.90 Å². The molecule has 0 fully saturated rings. The molecule has 1 amide bonds. The van der Waals surface area contributed by atoms with Gasteiger partial charge >= 0.3 is 5.97 Å². The summed E-state index contributed by atoms with van der Waals surface area (Å²) < 4.78 is 0. The molecule has 0 radical (unpaired) electrons. The van der Waals surface area contributed by atoms with Gasteiger partial charge in [-0.05, 0) is 13.8 Å². The van der Waals surface area contributed by atoms with Crippen LogP contribution in [0.25, 0.3) is 0 Å². The number of carbonyl (C=O) groups excluding carboxylic acids is 1. The van der Waals surface area contributed by atoms with Gasteiger partial charge in [0, 0.05) is 18.8 Å². The van der Waals surface area contributed by atoms with Crippen LogP contribution in [0.15, 0.2) is 0 Å². The molecule has 0 aromatic heterocycles. The van der Waals surface area contributed by atoms with Crippen molar-refractivity contribution in [1.82, 2.24) is 4.90 Å². The quantitative estimate of drug-likeness (QED) is 0.648.